The molecule has 4 heterocycles. The van der Waals surface area contributed by atoms with Crippen LogP contribution >= 0.6 is 0 Å². The van der Waals surface area contributed by atoms with Crippen molar-refractivity contribution in [3.8, 4) is 5.75 Å². The molecular weight excluding hydrogens is 428 g/mol. The summed E-state index contributed by atoms with van der Waals surface area (Å²) < 4.78 is 65.1. The van der Waals surface area contributed by atoms with E-state index in [2.05, 4.69) is 20.2 Å². The fraction of sp³-hybridized carbons (Fsp3) is 0.409. The number of fused-ring (bicyclic) bond motifs is 2. The van der Waals surface area contributed by atoms with Crippen LogP contribution in [0, 0.1) is 5.82 Å². The van der Waals surface area contributed by atoms with Gasteiger partial charge in [-0.3, -0.25) is 4.90 Å². The number of rotatable bonds is 3. The Bertz CT molecular complexity index is 1130. The maximum Gasteiger partial charge on any atom is 0.431 e. The molecule has 0 amide bonds. The molecule has 1 saturated heterocycles. The number of nitrogens with zero attached hydrogens (tertiary/aromatic N) is 2. The molecule has 3 aromatic rings. The van der Waals surface area contributed by atoms with Crippen molar-refractivity contribution in [3.63, 3.8) is 0 Å². The van der Waals surface area contributed by atoms with E-state index in [0.29, 0.717) is 43.1 Å². The topological polar surface area (TPSA) is 62.4 Å². The second kappa shape index (κ2) is 7.93. The van der Waals surface area contributed by atoms with Gasteiger partial charge in [0.25, 0.3) is 0 Å². The number of H-pyrrole nitrogens is 1. The fourth-order valence-electron chi connectivity index (χ4n) is 4.48. The minimum atomic E-state index is -4.51. The predicted molar refractivity (Wildman–Crippen MR) is 110 cm³/mol. The molecule has 0 bridgehead atoms. The smallest absolute Gasteiger partial charge is 0.431 e. The van der Waals surface area contributed by atoms with Crippen LogP contribution in [0.1, 0.15) is 24.2 Å². The molecule has 2 aliphatic heterocycles. The van der Waals surface area contributed by atoms with E-state index in [4.69, 9.17) is 9.47 Å². The molecule has 170 valence electrons. The van der Waals surface area contributed by atoms with Crippen molar-refractivity contribution >= 4 is 16.7 Å². The van der Waals surface area contributed by atoms with Crippen molar-refractivity contribution in [2.24, 2.45) is 0 Å². The van der Waals surface area contributed by atoms with Gasteiger partial charge < -0.3 is 19.8 Å². The molecule has 1 fully saturated rings. The highest BCUT2D eigenvalue weighted by atomic mass is 19.4. The monoisotopic (exact) mass is 450 g/mol. The summed E-state index contributed by atoms with van der Waals surface area (Å²) in [7, 11) is 0. The summed E-state index contributed by atoms with van der Waals surface area (Å²) in [6.07, 6.45) is -3.00. The van der Waals surface area contributed by atoms with Crippen molar-refractivity contribution in [2.75, 3.05) is 31.6 Å². The summed E-state index contributed by atoms with van der Waals surface area (Å²) >= 11 is 0. The quantitative estimate of drug-likeness (QED) is 0.581. The highest BCUT2D eigenvalue weighted by molar-refractivity contribution is 5.90. The van der Waals surface area contributed by atoms with Gasteiger partial charge in [0, 0.05) is 42.0 Å². The lowest BCUT2D eigenvalue weighted by molar-refractivity contribution is -0.140. The molecule has 32 heavy (non-hydrogen) atoms. The predicted octanol–water partition coefficient (Wildman–Crippen LogP) is 4.36. The van der Waals surface area contributed by atoms with E-state index in [0.717, 1.165) is 11.6 Å². The Labute approximate surface area is 181 Å². The number of aromatic amines is 1. The van der Waals surface area contributed by atoms with Crippen LogP contribution < -0.4 is 10.1 Å². The standard InChI is InChI=1S/C22H22F4N4O2/c1-12-10-30(6-7-31-12)17-11-32-18-8-13(23)2-3-14(18)20(17)28-16-4-5-27-21-15(16)9-19(29-21)22(24,25)26/h2-5,8-9,12,17,20H,6-7,10-11H2,1H3,(H2,27,28,29)/t12?,17-,20-/m0/s1. The zero-order chi connectivity index (χ0) is 22.5. The van der Waals surface area contributed by atoms with Crippen molar-refractivity contribution in [2.45, 2.75) is 31.3 Å². The minimum absolute atomic E-state index is 0.0469. The van der Waals surface area contributed by atoms with Crippen molar-refractivity contribution < 1.29 is 27.0 Å². The van der Waals surface area contributed by atoms with E-state index < -0.39 is 17.7 Å². The first-order valence-electron chi connectivity index (χ1n) is 10.4. The maximum atomic E-state index is 13.8. The second-order valence-electron chi connectivity index (χ2n) is 8.16. The van der Waals surface area contributed by atoms with E-state index >= 15 is 0 Å². The van der Waals surface area contributed by atoms with E-state index in [9.17, 15) is 17.6 Å². The lowest BCUT2D eigenvalue weighted by Gasteiger charge is -2.44. The number of halogens is 4. The zero-order valence-corrected chi connectivity index (χ0v) is 17.2. The summed E-state index contributed by atoms with van der Waals surface area (Å²) in [5, 5.41) is 3.75. The number of pyridine rings is 1. The number of alkyl halides is 3. The summed E-state index contributed by atoms with van der Waals surface area (Å²) in [6, 6.07) is 6.61. The van der Waals surface area contributed by atoms with E-state index in [-0.39, 0.29) is 23.8 Å². The Hall–Kier alpha value is -2.85. The summed E-state index contributed by atoms with van der Waals surface area (Å²) in [5.74, 6) is 0.0168. The van der Waals surface area contributed by atoms with Gasteiger partial charge in [-0.2, -0.15) is 13.2 Å². The average Bonchev–Trinajstić information content (AvgIpc) is 3.20. The number of morpholine rings is 1. The van der Waals surface area contributed by atoms with Crippen LogP contribution in [0.15, 0.2) is 36.5 Å². The van der Waals surface area contributed by atoms with Gasteiger partial charge in [0.15, 0.2) is 0 Å². The molecule has 0 spiro atoms. The molecule has 3 atom stereocenters. The number of hydrogen-bond acceptors (Lipinski definition) is 5. The van der Waals surface area contributed by atoms with Gasteiger partial charge >= 0.3 is 6.18 Å². The van der Waals surface area contributed by atoms with Crippen molar-refractivity contribution in [1.29, 1.82) is 0 Å². The van der Waals surface area contributed by atoms with E-state index in [1.165, 1.54) is 18.3 Å². The molecular formula is C22H22F4N4O2. The Morgan fingerprint density at radius 1 is 1.22 bits per heavy atom. The van der Waals surface area contributed by atoms with Crippen LogP contribution in [-0.4, -0.2) is 53.3 Å². The first kappa shape index (κ1) is 21.0. The first-order valence-corrected chi connectivity index (χ1v) is 10.4. The SMILES string of the molecule is CC1CN([C@H]2COc3cc(F)ccc3[C@@H]2Nc2ccnc3[nH]c(C(F)(F)F)cc23)CCO1. The highest BCUT2D eigenvalue weighted by Gasteiger charge is 2.38. The fourth-order valence-corrected chi connectivity index (χ4v) is 4.48. The van der Waals surface area contributed by atoms with E-state index in [1.54, 1.807) is 12.1 Å². The summed E-state index contributed by atoms with van der Waals surface area (Å²) in [4.78, 5) is 8.63. The van der Waals surface area contributed by atoms with Gasteiger partial charge in [-0.1, -0.05) is 6.07 Å². The van der Waals surface area contributed by atoms with Crippen molar-refractivity contribution in [1.82, 2.24) is 14.9 Å². The molecule has 1 aromatic carbocycles. The van der Waals surface area contributed by atoms with Gasteiger partial charge in [-0.25, -0.2) is 9.37 Å². The Morgan fingerprint density at radius 3 is 2.84 bits per heavy atom. The van der Waals surface area contributed by atoms with Crippen LogP contribution in [0.25, 0.3) is 11.0 Å². The molecule has 2 aliphatic rings. The third-order valence-electron chi connectivity index (χ3n) is 5.99. The lowest BCUT2D eigenvalue weighted by atomic mass is 9.93. The Balaban J connectivity index is 1.55. The normalized spacial score (nSPS) is 24.2. The molecule has 5 rings (SSSR count). The second-order valence-corrected chi connectivity index (χ2v) is 8.16. The molecule has 6 nitrogen and oxygen atoms in total. The number of benzene rings is 1. The lowest BCUT2D eigenvalue weighted by Crippen LogP contribution is -2.54. The Kier molecular flexibility index (Phi) is 5.21. The Morgan fingerprint density at radius 2 is 2.06 bits per heavy atom. The number of aromatic nitrogens is 2. The first-order chi connectivity index (χ1) is 15.3. The number of hydrogen-bond donors (Lipinski definition) is 2. The van der Waals surface area contributed by atoms with Gasteiger partial charge in [0.05, 0.1) is 24.8 Å². The molecule has 0 radical (unpaired) electrons. The van der Waals surface area contributed by atoms with Crippen LogP contribution in [-0.2, 0) is 10.9 Å². The molecule has 0 aliphatic carbocycles. The van der Waals surface area contributed by atoms with Crippen LogP contribution in [0.4, 0.5) is 23.2 Å². The molecule has 1 unspecified atom stereocenters. The van der Waals surface area contributed by atoms with Crippen molar-refractivity contribution in [3.05, 3.63) is 53.6 Å². The number of nitrogens with one attached hydrogen (secondary N) is 2. The van der Waals surface area contributed by atoms with Gasteiger partial charge in [0.1, 0.15) is 29.5 Å². The number of anilines is 1. The van der Waals surface area contributed by atoms with Gasteiger partial charge in [-0.05, 0) is 25.1 Å². The van der Waals surface area contributed by atoms with Crippen LogP contribution in [0.5, 0.6) is 5.75 Å². The number of ether oxygens (including phenoxy) is 2. The summed E-state index contributed by atoms with van der Waals surface area (Å²) in [6.45, 7) is 4.27. The van der Waals surface area contributed by atoms with E-state index in [1.807, 2.05) is 6.92 Å². The molecule has 0 saturated carbocycles. The average molecular weight is 450 g/mol. The summed E-state index contributed by atoms with van der Waals surface area (Å²) in [5.41, 5.74) is 0.543. The van der Waals surface area contributed by atoms with Gasteiger partial charge in [-0.15, -0.1) is 0 Å². The highest BCUT2D eigenvalue weighted by Crippen LogP contribution is 2.39. The molecule has 2 N–H and O–H groups in total. The maximum absolute atomic E-state index is 13.8. The third kappa shape index (κ3) is 3.88. The van der Waals surface area contributed by atoms with Crippen LogP contribution in [0.3, 0.4) is 0 Å². The van der Waals surface area contributed by atoms with Crippen LogP contribution in [0.2, 0.25) is 0 Å². The zero-order valence-electron chi connectivity index (χ0n) is 17.2. The third-order valence-corrected chi connectivity index (χ3v) is 5.99. The largest absolute Gasteiger partial charge is 0.491 e. The molecule has 2 aromatic heterocycles. The van der Waals surface area contributed by atoms with Gasteiger partial charge in [0.2, 0.25) is 0 Å². The minimum Gasteiger partial charge on any atom is -0.491 e. The molecule has 10 heteroatoms.